The molecule has 0 atom stereocenters. The summed E-state index contributed by atoms with van der Waals surface area (Å²) in [5.41, 5.74) is 2.28. The molecular weight excluding hydrogens is 322 g/mol. The molecular formula is C19H19NO3S. The van der Waals surface area contributed by atoms with Crippen molar-refractivity contribution in [2.45, 2.75) is 0 Å². The van der Waals surface area contributed by atoms with Crippen molar-refractivity contribution in [3.8, 4) is 23.3 Å². The van der Waals surface area contributed by atoms with Crippen LogP contribution < -0.4 is 14.2 Å². The molecule has 0 aromatic heterocycles. The van der Waals surface area contributed by atoms with Crippen molar-refractivity contribution in [3.63, 3.8) is 0 Å². The van der Waals surface area contributed by atoms with Crippen LogP contribution in [0.25, 0.3) is 10.5 Å². The van der Waals surface area contributed by atoms with Crippen molar-refractivity contribution in [3.05, 3.63) is 53.6 Å². The first-order valence-electron chi connectivity index (χ1n) is 7.24. The van der Waals surface area contributed by atoms with Crippen LogP contribution in [0.1, 0.15) is 11.1 Å². The summed E-state index contributed by atoms with van der Waals surface area (Å²) in [4.78, 5) is 0.896. The van der Waals surface area contributed by atoms with Crippen LogP contribution in [0, 0.1) is 11.3 Å². The normalized spacial score (nSPS) is 11.3. The van der Waals surface area contributed by atoms with Crippen molar-refractivity contribution in [1.82, 2.24) is 0 Å². The number of hydrogen-bond acceptors (Lipinski definition) is 5. The molecule has 0 unspecified atom stereocenters. The molecule has 5 heteroatoms. The lowest BCUT2D eigenvalue weighted by atomic mass is 10.0. The highest BCUT2D eigenvalue weighted by Crippen LogP contribution is 2.42. The van der Waals surface area contributed by atoms with E-state index in [1.807, 2.05) is 36.6 Å². The Morgan fingerprint density at radius 2 is 1.50 bits per heavy atom. The Balaban J connectivity index is 2.71. The van der Waals surface area contributed by atoms with Gasteiger partial charge in [0.05, 0.1) is 26.9 Å². The van der Waals surface area contributed by atoms with Crippen molar-refractivity contribution in [1.29, 1.82) is 5.26 Å². The molecule has 0 aliphatic carbocycles. The predicted molar refractivity (Wildman–Crippen MR) is 98.5 cm³/mol. The van der Waals surface area contributed by atoms with Gasteiger partial charge in [0.1, 0.15) is 6.07 Å². The topological polar surface area (TPSA) is 51.5 Å². The molecule has 0 bridgehead atoms. The summed E-state index contributed by atoms with van der Waals surface area (Å²) in [5, 5.41) is 9.76. The molecule has 0 aliphatic heterocycles. The second kappa shape index (κ2) is 8.32. The third-order valence-electron chi connectivity index (χ3n) is 3.53. The maximum absolute atomic E-state index is 9.76. The van der Waals surface area contributed by atoms with Crippen LogP contribution in [-0.2, 0) is 0 Å². The molecule has 0 aliphatic rings. The molecule has 0 N–H and O–H groups in total. The van der Waals surface area contributed by atoms with Crippen molar-refractivity contribution < 1.29 is 14.2 Å². The summed E-state index contributed by atoms with van der Waals surface area (Å²) < 4.78 is 16.1. The summed E-state index contributed by atoms with van der Waals surface area (Å²) in [6.45, 7) is 0. The minimum Gasteiger partial charge on any atom is -0.493 e. The number of hydrogen-bond donors (Lipinski definition) is 0. The van der Waals surface area contributed by atoms with E-state index in [0.717, 1.165) is 16.0 Å². The smallest absolute Gasteiger partial charge is 0.203 e. The first kappa shape index (κ1) is 17.8. The summed E-state index contributed by atoms with van der Waals surface area (Å²) in [7, 11) is 4.67. The zero-order chi connectivity index (χ0) is 17.5. The van der Waals surface area contributed by atoms with Gasteiger partial charge in [-0.3, -0.25) is 0 Å². The molecule has 0 saturated heterocycles. The maximum atomic E-state index is 9.76. The van der Waals surface area contributed by atoms with Crippen LogP contribution in [0.2, 0.25) is 0 Å². The molecule has 24 heavy (non-hydrogen) atoms. The predicted octanol–water partition coefficient (Wildman–Crippen LogP) is 4.47. The van der Waals surface area contributed by atoms with E-state index in [1.165, 1.54) is 11.8 Å². The summed E-state index contributed by atoms with van der Waals surface area (Å²) >= 11 is 1.53. The average Bonchev–Trinajstić information content (AvgIpc) is 2.65. The first-order chi connectivity index (χ1) is 11.7. The Morgan fingerprint density at radius 1 is 0.917 bits per heavy atom. The lowest BCUT2D eigenvalue weighted by molar-refractivity contribution is 0.324. The highest BCUT2D eigenvalue weighted by atomic mass is 32.2. The monoisotopic (exact) mass is 341 g/mol. The summed E-state index contributed by atoms with van der Waals surface area (Å²) in [6.07, 6.45) is 1.96. The lowest BCUT2D eigenvalue weighted by Crippen LogP contribution is -1.97. The van der Waals surface area contributed by atoms with Gasteiger partial charge < -0.3 is 14.2 Å². The van der Waals surface area contributed by atoms with Gasteiger partial charge in [-0.05, 0) is 24.0 Å². The third kappa shape index (κ3) is 3.50. The Labute approximate surface area is 146 Å². The largest absolute Gasteiger partial charge is 0.493 e. The molecule has 0 spiro atoms. The van der Waals surface area contributed by atoms with E-state index in [1.54, 1.807) is 33.5 Å². The zero-order valence-electron chi connectivity index (χ0n) is 14.1. The van der Waals surface area contributed by atoms with E-state index in [-0.39, 0.29) is 0 Å². The van der Waals surface area contributed by atoms with Crippen molar-refractivity contribution in [2.24, 2.45) is 0 Å². The number of nitrogens with zero attached hydrogens (tertiary/aromatic N) is 1. The number of ether oxygens (including phenoxy) is 3. The molecule has 0 fully saturated rings. The van der Waals surface area contributed by atoms with Gasteiger partial charge in [-0.15, -0.1) is 11.8 Å². The summed E-state index contributed by atoms with van der Waals surface area (Å²) in [6, 6.07) is 15.7. The standard InChI is InChI=1S/C19H19NO3S/c1-21-16-10-14(11-17(22-2)18(16)23-3)15(12-20)19(24-4)13-8-6-5-7-9-13/h5-11H,1-4H3/b19-15-. The molecule has 2 rings (SSSR count). The molecule has 0 amide bonds. The number of methoxy groups -OCH3 is 3. The van der Waals surface area contributed by atoms with Crippen molar-refractivity contribution in [2.75, 3.05) is 27.6 Å². The van der Waals surface area contributed by atoms with Crippen molar-refractivity contribution >= 4 is 22.2 Å². The quantitative estimate of drug-likeness (QED) is 0.573. The molecule has 2 aromatic carbocycles. The van der Waals surface area contributed by atoms with E-state index in [0.29, 0.717) is 22.8 Å². The van der Waals surface area contributed by atoms with Crippen LogP contribution >= 0.6 is 11.8 Å². The van der Waals surface area contributed by atoms with Gasteiger partial charge in [0.25, 0.3) is 0 Å². The molecule has 2 aromatic rings. The molecule has 0 saturated carbocycles. The maximum Gasteiger partial charge on any atom is 0.203 e. The fraction of sp³-hybridized carbons (Fsp3) is 0.211. The van der Waals surface area contributed by atoms with E-state index >= 15 is 0 Å². The number of benzene rings is 2. The minimum absolute atomic E-state index is 0.506. The van der Waals surface area contributed by atoms with E-state index in [9.17, 15) is 5.26 Å². The Kier molecular flexibility index (Phi) is 6.16. The van der Waals surface area contributed by atoms with Gasteiger partial charge >= 0.3 is 0 Å². The highest BCUT2D eigenvalue weighted by molar-refractivity contribution is 8.08. The summed E-state index contributed by atoms with van der Waals surface area (Å²) in [5.74, 6) is 1.55. The number of rotatable bonds is 6. The van der Waals surface area contributed by atoms with Crippen LogP contribution in [-0.4, -0.2) is 27.6 Å². The van der Waals surface area contributed by atoms with Gasteiger partial charge in [0, 0.05) is 10.5 Å². The SMILES string of the molecule is COc1cc(/C(C#N)=C(\SC)c2ccccc2)cc(OC)c1OC. The van der Waals surface area contributed by atoms with Crippen LogP contribution in [0.5, 0.6) is 17.2 Å². The Hall–Kier alpha value is -2.58. The van der Waals surface area contributed by atoms with E-state index in [4.69, 9.17) is 14.2 Å². The fourth-order valence-corrected chi connectivity index (χ4v) is 3.17. The molecule has 124 valence electrons. The minimum atomic E-state index is 0.506. The van der Waals surface area contributed by atoms with Crippen LogP contribution in [0.3, 0.4) is 0 Å². The number of thioether (sulfide) groups is 1. The van der Waals surface area contributed by atoms with Gasteiger partial charge in [0.2, 0.25) is 5.75 Å². The van der Waals surface area contributed by atoms with Gasteiger partial charge in [-0.25, -0.2) is 0 Å². The number of allylic oxidation sites excluding steroid dienone is 1. The van der Waals surface area contributed by atoms with E-state index in [2.05, 4.69) is 6.07 Å². The van der Waals surface area contributed by atoms with Crippen LogP contribution in [0.15, 0.2) is 42.5 Å². The second-order valence-electron chi connectivity index (χ2n) is 4.80. The molecule has 4 nitrogen and oxygen atoms in total. The van der Waals surface area contributed by atoms with E-state index < -0.39 is 0 Å². The Morgan fingerprint density at radius 3 is 1.92 bits per heavy atom. The fourth-order valence-electron chi connectivity index (χ4n) is 2.43. The van der Waals surface area contributed by atoms with Gasteiger partial charge in [-0.1, -0.05) is 30.3 Å². The highest BCUT2D eigenvalue weighted by Gasteiger charge is 2.18. The van der Waals surface area contributed by atoms with Gasteiger partial charge in [0.15, 0.2) is 11.5 Å². The Bertz CT molecular complexity index is 754. The second-order valence-corrected chi connectivity index (χ2v) is 5.62. The third-order valence-corrected chi connectivity index (χ3v) is 4.38. The molecule has 0 radical (unpaired) electrons. The number of nitriles is 1. The molecule has 0 heterocycles. The first-order valence-corrected chi connectivity index (χ1v) is 8.46. The van der Waals surface area contributed by atoms with Crippen LogP contribution in [0.4, 0.5) is 0 Å². The average molecular weight is 341 g/mol. The zero-order valence-corrected chi connectivity index (χ0v) is 14.9. The van der Waals surface area contributed by atoms with Gasteiger partial charge in [-0.2, -0.15) is 5.26 Å². The lowest BCUT2D eigenvalue weighted by Gasteiger charge is -2.15.